The largest absolute Gasteiger partial charge is 0.459 e. The number of esters is 1. The molecule has 0 radical (unpaired) electrons. The highest BCUT2D eigenvalue weighted by Crippen LogP contribution is 2.60. The van der Waals surface area contributed by atoms with Crippen molar-refractivity contribution < 1.29 is 37.3 Å². The fourth-order valence-electron chi connectivity index (χ4n) is 9.56. The van der Waals surface area contributed by atoms with E-state index in [0.717, 1.165) is 6.42 Å². The lowest BCUT2D eigenvalue weighted by Crippen LogP contribution is -2.62. The van der Waals surface area contributed by atoms with E-state index in [1.165, 1.54) is 11.8 Å². The second-order valence-electron chi connectivity index (χ2n) is 18.4. The van der Waals surface area contributed by atoms with Crippen molar-refractivity contribution in [2.75, 3.05) is 19.8 Å². The number of nitrogens with one attached hydrogen (secondary N) is 2. The van der Waals surface area contributed by atoms with Gasteiger partial charge in [-0.15, -0.1) is 0 Å². The molecule has 50 heavy (non-hydrogen) atoms. The lowest BCUT2D eigenvalue weighted by molar-refractivity contribution is -0.335. The van der Waals surface area contributed by atoms with Crippen LogP contribution in [0.5, 0.6) is 0 Å². The van der Waals surface area contributed by atoms with Crippen LogP contribution < -0.4 is 5.32 Å². The van der Waals surface area contributed by atoms with Crippen molar-refractivity contribution >= 4 is 39.5 Å². The van der Waals surface area contributed by atoms with E-state index in [-0.39, 0.29) is 48.0 Å². The number of rotatable bonds is 8. The van der Waals surface area contributed by atoms with Crippen molar-refractivity contribution in [1.29, 1.82) is 5.41 Å². The molecule has 3 bridgehead atoms. The lowest BCUT2D eigenvalue weighted by atomic mass is 9.76. The van der Waals surface area contributed by atoms with Crippen LogP contribution in [0, 0.1) is 29.1 Å². The number of amidine groups is 1. The molecule has 5 saturated heterocycles. The number of hydrogen-bond acceptors (Lipinski definition) is 11. The third-order valence-electron chi connectivity index (χ3n) is 11.6. The Hall–Kier alpha value is -0.556. The first-order chi connectivity index (χ1) is 22.9. The van der Waals surface area contributed by atoms with E-state index in [2.05, 4.69) is 91.3 Å². The van der Waals surface area contributed by atoms with Gasteiger partial charge >= 0.3 is 5.97 Å². The molecule has 15 atom stereocenters. The minimum absolute atomic E-state index is 0.0210. The first-order valence-electron chi connectivity index (χ1n) is 18.9. The normalized spacial score (nSPS) is 47.3. The zero-order chi connectivity index (χ0) is 37.4. The molecular formula is C36H67N3O8SSi2. The average Bonchev–Trinajstić information content (AvgIpc) is 3.39. The second kappa shape index (κ2) is 14.3. The zero-order valence-electron chi connectivity index (χ0n) is 33.4. The van der Waals surface area contributed by atoms with Crippen LogP contribution in [0.3, 0.4) is 0 Å². The van der Waals surface area contributed by atoms with Gasteiger partial charge in [0.1, 0.15) is 17.8 Å². The number of nitrogens with zero attached hydrogens (tertiary/aromatic N) is 1. The molecule has 2 N–H and O–H groups in total. The number of carbonyl (C=O) groups excluding carboxylic acids is 1. The summed E-state index contributed by atoms with van der Waals surface area (Å²) in [4.78, 5) is 16.6. The van der Waals surface area contributed by atoms with E-state index in [1.807, 2.05) is 20.8 Å². The number of likely N-dealkylation sites (N-methyl/N-ethyl adjacent to an activating group) is 1. The Kier molecular flexibility index (Phi) is 11.6. The predicted molar refractivity (Wildman–Crippen MR) is 202 cm³/mol. The summed E-state index contributed by atoms with van der Waals surface area (Å²) in [7, 11) is -0.0233. The second-order valence-corrected chi connectivity index (χ2v) is 28.4. The molecule has 11 nitrogen and oxygen atoms in total. The summed E-state index contributed by atoms with van der Waals surface area (Å²) < 4.78 is 49.3. The predicted octanol–water partition coefficient (Wildman–Crippen LogP) is 6.04. The first kappa shape index (κ1) is 40.6. The highest BCUT2D eigenvalue weighted by molar-refractivity contribution is 8.13. The summed E-state index contributed by atoms with van der Waals surface area (Å²) in [5.74, 6) is -1.63. The molecule has 0 amide bonds. The number of thioether (sulfide) groups is 1. The molecule has 5 rings (SSSR count). The summed E-state index contributed by atoms with van der Waals surface area (Å²) in [6.45, 7) is 27.7. The Morgan fingerprint density at radius 2 is 1.62 bits per heavy atom. The summed E-state index contributed by atoms with van der Waals surface area (Å²) in [5, 5.41) is 12.5. The van der Waals surface area contributed by atoms with Gasteiger partial charge in [0.2, 0.25) is 0 Å². The minimum Gasteiger partial charge on any atom is -0.459 e. The van der Waals surface area contributed by atoms with Crippen LogP contribution >= 0.6 is 11.8 Å². The first-order valence-corrected chi connectivity index (χ1v) is 26.7. The van der Waals surface area contributed by atoms with Gasteiger partial charge in [-0.3, -0.25) is 10.2 Å². The van der Waals surface area contributed by atoms with Crippen LogP contribution in [-0.2, 0) is 37.3 Å². The molecular weight excluding hydrogens is 691 g/mol. The Morgan fingerprint density at radius 1 is 1.00 bits per heavy atom. The Bertz CT molecular complexity index is 1270. The van der Waals surface area contributed by atoms with Gasteiger partial charge in [-0.1, -0.05) is 32.5 Å². The van der Waals surface area contributed by atoms with E-state index < -0.39 is 64.1 Å². The van der Waals surface area contributed by atoms with Crippen LogP contribution in [0.2, 0.25) is 39.3 Å². The molecule has 5 aliphatic rings. The molecule has 4 unspecified atom stereocenters. The highest BCUT2D eigenvalue weighted by atomic mass is 32.2. The molecule has 5 heterocycles. The van der Waals surface area contributed by atoms with E-state index >= 15 is 0 Å². The summed E-state index contributed by atoms with van der Waals surface area (Å²) in [5.41, 5.74) is -1.77. The summed E-state index contributed by atoms with van der Waals surface area (Å²) in [6, 6.07) is -0.188. The fourth-order valence-corrected chi connectivity index (χ4v) is 12.9. The summed E-state index contributed by atoms with van der Waals surface area (Å²) >= 11 is 1.48. The Morgan fingerprint density at radius 3 is 2.20 bits per heavy atom. The average molecular weight is 758 g/mol. The van der Waals surface area contributed by atoms with Gasteiger partial charge in [0.05, 0.1) is 35.9 Å². The quantitative estimate of drug-likeness (QED) is 0.223. The van der Waals surface area contributed by atoms with Gasteiger partial charge < -0.3 is 42.8 Å². The standard InChI is InChI=1S/C36H67N3O8SSi2/c1-16-26-35(7)29-24(19-48-33(37)38-29)36(47-35)20(2)18-34(6,46-36)30(22(4)27(44-49(10,11)12)23(5)31(40)42-26)43-32-28(45-50(13,14)15)25(39(8)9)17-21(3)41-32/h20-30,32H,16-19H2,1-15H3,(H2,37,38)/t20-,21-,22+,23-,24?,25+,26-,27+,28-,29?,30-,32+,34-,35?,36?/m1/s1. The van der Waals surface area contributed by atoms with Crippen molar-refractivity contribution in [2.24, 2.45) is 23.7 Å². The number of carbonyl (C=O) groups is 1. The van der Waals surface area contributed by atoms with Crippen molar-refractivity contribution in [3.8, 4) is 0 Å². The molecule has 14 heteroatoms. The van der Waals surface area contributed by atoms with Gasteiger partial charge in [-0.2, -0.15) is 0 Å². The van der Waals surface area contributed by atoms with Crippen LogP contribution in [0.1, 0.15) is 67.7 Å². The molecule has 288 valence electrons. The van der Waals surface area contributed by atoms with Crippen LogP contribution in [0.15, 0.2) is 0 Å². The van der Waals surface area contributed by atoms with Crippen LogP contribution in [0.25, 0.3) is 0 Å². The summed E-state index contributed by atoms with van der Waals surface area (Å²) in [6.07, 6.45) is -0.578. The molecule has 0 aromatic carbocycles. The maximum absolute atomic E-state index is 14.3. The fraction of sp³-hybridized carbons (Fsp3) is 0.944. The highest BCUT2D eigenvalue weighted by Gasteiger charge is 2.73. The number of ether oxygens (including phenoxy) is 5. The molecule has 0 aromatic heterocycles. The number of hydrogen-bond donors (Lipinski definition) is 2. The molecule has 0 saturated carbocycles. The Labute approximate surface area is 308 Å². The van der Waals surface area contributed by atoms with E-state index in [9.17, 15) is 4.79 Å². The van der Waals surface area contributed by atoms with Crippen molar-refractivity contribution in [3.63, 3.8) is 0 Å². The maximum Gasteiger partial charge on any atom is 0.311 e. The van der Waals surface area contributed by atoms with Gasteiger partial charge in [-0.25, -0.2) is 0 Å². The molecule has 5 aliphatic heterocycles. The molecule has 0 aromatic rings. The van der Waals surface area contributed by atoms with Gasteiger partial charge in [-0.05, 0) is 100 Å². The number of cyclic esters (lactones) is 1. The smallest absolute Gasteiger partial charge is 0.311 e. The zero-order valence-corrected chi connectivity index (χ0v) is 36.2. The van der Waals surface area contributed by atoms with Crippen molar-refractivity contribution in [1.82, 2.24) is 10.2 Å². The molecule has 5 fully saturated rings. The van der Waals surface area contributed by atoms with Gasteiger partial charge in [0.15, 0.2) is 33.9 Å². The third kappa shape index (κ3) is 7.68. The minimum atomic E-state index is -2.18. The molecule has 1 spiro atoms. The van der Waals surface area contributed by atoms with E-state index in [4.69, 9.17) is 37.9 Å². The maximum atomic E-state index is 14.3. The van der Waals surface area contributed by atoms with E-state index in [0.29, 0.717) is 23.8 Å². The van der Waals surface area contributed by atoms with E-state index in [1.54, 1.807) is 0 Å². The van der Waals surface area contributed by atoms with Crippen molar-refractivity contribution in [3.05, 3.63) is 0 Å². The molecule has 0 aliphatic carbocycles. The lowest BCUT2D eigenvalue weighted by Gasteiger charge is -2.50. The van der Waals surface area contributed by atoms with Crippen LogP contribution in [-0.4, -0.2) is 118 Å². The van der Waals surface area contributed by atoms with Gasteiger partial charge in [0.25, 0.3) is 0 Å². The monoisotopic (exact) mass is 757 g/mol. The van der Waals surface area contributed by atoms with Crippen molar-refractivity contribution in [2.45, 2.75) is 173 Å². The third-order valence-corrected chi connectivity index (χ3v) is 14.5. The SMILES string of the molecule is CC[C@H]1OC(=O)[C@H](C)[C@@H](O[Si](C)(C)C)[C@H](C)[C@@H](O[C@@H]2O[C@H](C)C[C@H](N(C)C)[C@H]2O[Si](C)(C)C)[C@@]2(C)C[C@@H](C)C3(OC1(C)C1NC(=N)SCC13)O2. The van der Waals surface area contributed by atoms with Gasteiger partial charge in [0, 0.05) is 29.5 Å². The van der Waals surface area contributed by atoms with Crippen LogP contribution in [0.4, 0.5) is 0 Å². The number of fused-ring (bicyclic) bond motifs is 4. The Balaban J connectivity index is 1.67. The topological polar surface area (TPSA) is 121 Å².